The number of sulfone groups is 1. The van der Waals surface area contributed by atoms with E-state index in [1.54, 1.807) is 12.1 Å². The van der Waals surface area contributed by atoms with E-state index in [9.17, 15) is 17.2 Å². The van der Waals surface area contributed by atoms with Crippen LogP contribution in [-0.4, -0.2) is 20.5 Å². The van der Waals surface area contributed by atoms with Gasteiger partial charge in [0.15, 0.2) is 0 Å². The Morgan fingerprint density at radius 1 is 0.862 bits per heavy atom. The number of hydrogen-bond acceptors (Lipinski definition) is 4. The summed E-state index contributed by atoms with van der Waals surface area (Å²) >= 11 is 0. The van der Waals surface area contributed by atoms with Gasteiger partial charge in [-0.25, -0.2) is 17.2 Å². The molecule has 0 amide bonds. The van der Waals surface area contributed by atoms with E-state index in [0.29, 0.717) is 22.2 Å². The molecule has 0 saturated carbocycles. The maximum Gasteiger partial charge on any atom is 0.208 e. The molecule has 29 heavy (non-hydrogen) atoms. The van der Waals surface area contributed by atoms with Crippen LogP contribution in [0.4, 0.5) is 8.78 Å². The molecule has 0 N–H and O–H groups in total. The predicted molar refractivity (Wildman–Crippen MR) is 106 cm³/mol. The van der Waals surface area contributed by atoms with Crippen molar-refractivity contribution in [2.24, 2.45) is 0 Å². The summed E-state index contributed by atoms with van der Waals surface area (Å²) in [5.41, 5.74) is 1.14. The summed E-state index contributed by atoms with van der Waals surface area (Å²) in [5, 5.41) is 0.325. The quantitative estimate of drug-likeness (QED) is 0.473. The molecule has 0 bridgehead atoms. The molecule has 0 fully saturated rings. The summed E-state index contributed by atoms with van der Waals surface area (Å²) in [7, 11) is -2.51. The molecule has 0 saturated heterocycles. The first kappa shape index (κ1) is 19.0. The molecule has 4 nitrogen and oxygen atoms in total. The Morgan fingerprint density at radius 2 is 1.52 bits per heavy atom. The molecule has 0 aliphatic rings. The lowest BCUT2D eigenvalue weighted by Crippen LogP contribution is -2.06. The van der Waals surface area contributed by atoms with Gasteiger partial charge in [-0.2, -0.15) is 0 Å². The van der Waals surface area contributed by atoms with Crippen LogP contribution >= 0.6 is 0 Å². The summed E-state index contributed by atoms with van der Waals surface area (Å²) in [5.74, 6) is -0.471. The van der Waals surface area contributed by atoms with Crippen LogP contribution in [0.2, 0.25) is 0 Å². The Hall–Kier alpha value is -3.32. The van der Waals surface area contributed by atoms with E-state index in [4.69, 9.17) is 4.74 Å². The van der Waals surface area contributed by atoms with Crippen LogP contribution in [-0.2, 0) is 9.84 Å². The molecule has 3 aromatic carbocycles. The highest BCUT2D eigenvalue weighted by Crippen LogP contribution is 2.37. The number of fused-ring (bicyclic) bond motifs is 1. The number of hydrogen-bond donors (Lipinski definition) is 0. The molecule has 0 aliphatic carbocycles. The van der Waals surface area contributed by atoms with Crippen molar-refractivity contribution in [3.05, 3.63) is 84.6 Å². The zero-order valence-corrected chi connectivity index (χ0v) is 16.1. The zero-order chi connectivity index (χ0) is 20.6. The SMILES string of the molecule is COc1ccc(S(=O)(=O)c2cnc3ccc(F)cc3c2-c2ccc(F)cc2)cc1. The molecule has 0 aliphatic heterocycles. The molecule has 4 aromatic rings. The second-order valence-electron chi connectivity index (χ2n) is 6.34. The first-order chi connectivity index (χ1) is 13.9. The first-order valence-corrected chi connectivity index (χ1v) is 10.1. The standard InChI is InChI=1S/C22H15F2NO3S/c1-28-17-7-9-18(10-8-17)29(26,27)21-13-25-20-11-6-16(24)12-19(20)22(21)14-2-4-15(23)5-3-14/h2-13H,1H3. The molecule has 4 rings (SSSR count). The molecular weight excluding hydrogens is 396 g/mol. The van der Waals surface area contributed by atoms with Gasteiger partial charge in [0.25, 0.3) is 0 Å². The molecule has 0 spiro atoms. The summed E-state index contributed by atoms with van der Waals surface area (Å²) < 4.78 is 59.3. The number of rotatable bonds is 4. The van der Waals surface area contributed by atoms with Crippen molar-refractivity contribution in [3.63, 3.8) is 0 Å². The number of ether oxygens (including phenoxy) is 1. The van der Waals surface area contributed by atoms with Crippen molar-refractivity contribution in [2.45, 2.75) is 9.79 Å². The third kappa shape index (κ3) is 3.45. The van der Waals surface area contributed by atoms with Gasteiger partial charge in [0.1, 0.15) is 17.4 Å². The van der Waals surface area contributed by atoms with E-state index < -0.39 is 21.5 Å². The van der Waals surface area contributed by atoms with Crippen LogP contribution in [0.1, 0.15) is 0 Å². The predicted octanol–water partition coefficient (Wildman–Crippen LogP) is 5.02. The van der Waals surface area contributed by atoms with E-state index in [2.05, 4.69) is 4.98 Å². The number of nitrogens with zero attached hydrogens (tertiary/aromatic N) is 1. The fourth-order valence-electron chi connectivity index (χ4n) is 3.15. The van der Waals surface area contributed by atoms with Gasteiger partial charge in [0, 0.05) is 17.1 Å². The largest absolute Gasteiger partial charge is 0.497 e. The zero-order valence-electron chi connectivity index (χ0n) is 15.3. The lowest BCUT2D eigenvalue weighted by molar-refractivity contribution is 0.414. The fraction of sp³-hybridized carbons (Fsp3) is 0.0455. The Labute approximate surface area is 166 Å². The number of aromatic nitrogens is 1. The molecule has 0 unspecified atom stereocenters. The van der Waals surface area contributed by atoms with Crippen molar-refractivity contribution < 1.29 is 21.9 Å². The normalized spacial score (nSPS) is 11.6. The van der Waals surface area contributed by atoms with Crippen molar-refractivity contribution in [1.29, 1.82) is 0 Å². The van der Waals surface area contributed by atoms with Gasteiger partial charge < -0.3 is 4.74 Å². The first-order valence-electron chi connectivity index (χ1n) is 8.63. The molecule has 1 heterocycles. The van der Waals surface area contributed by atoms with Gasteiger partial charge in [-0.15, -0.1) is 0 Å². The highest BCUT2D eigenvalue weighted by Gasteiger charge is 2.25. The Bertz CT molecular complexity index is 1300. The Balaban J connectivity index is 2.03. The topological polar surface area (TPSA) is 56.3 Å². The van der Waals surface area contributed by atoms with Crippen LogP contribution in [0.5, 0.6) is 5.75 Å². The van der Waals surface area contributed by atoms with Gasteiger partial charge in [-0.1, -0.05) is 12.1 Å². The van der Waals surface area contributed by atoms with Crippen molar-refractivity contribution >= 4 is 20.7 Å². The van der Waals surface area contributed by atoms with Gasteiger partial charge >= 0.3 is 0 Å². The Kier molecular flexibility index (Phi) is 4.76. The highest BCUT2D eigenvalue weighted by molar-refractivity contribution is 7.91. The average molecular weight is 411 g/mol. The highest BCUT2D eigenvalue weighted by atomic mass is 32.2. The maximum atomic E-state index is 14.0. The minimum Gasteiger partial charge on any atom is -0.497 e. The second-order valence-corrected chi connectivity index (χ2v) is 8.26. The number of pyridine rings is 1. The average Bonchev–Trinajstić information content (AvgIpc) is 2.73. The van der Waals surface area contributed by atoms with E-state index in [-0.39, 0.29) is 15.4 Å². The van der Waals surface area contributed by atoms with Crippen LogP contribution in [0.3, 0.4) is 0 Å². The van der Waals surface area contributed by atoms with Gasteiger partial charge in [-0.05, 0) is 60.2 Å². The second kappa shape index (κ2) is 7.25. The number of halogens is 2. The summed E-state index contributed by atoms with van der Waals surface area (Å²) in [6.07, 6.45) is 1.25. The smallest absolute Gasteiger partial charge is 0.208 e. The summed E-state index contributed by atoms with van der Waals surface area (Å²) in [4.78, 5) is 4.16. The molecule has 1 aromatic heterocycles. The number of methoxy groups -OCH3 is 1. The third-order valence-corrected chi connectivity index (χ3v) is 6.37. The van der Waals surface area contributed by atoms with Crippen molar-refractivity contribution in [1.82, 2.24) is 4.98 Å². The third-order valence-electron chi connectivity index (χ3n) is 4.59. The minimum atomic E-state index is -3.99. The summed E-state index contributed by atoms with van der Waals surface area (Å²) in [6.45, 7) is 0. The van der Waals surface area contributed by atoms with Crippen LogP contribution in [0.25, 0.3) is 22.0 Å². The monoisotopic (exact) mass is 411 g/mol. The van der Waals surface area contributed by atoms with Crippen LogP contribution < -0.4 is 4.74 Å². The fourth-order valence-corrected chi connectivity index (χ4v) is 4.58. The number of benzene rings is 3. The van der Waals surface area contributed by atoms with Crippen LogP contribution in [0, 0.1) is 11.6 Å². The lowest BCUT2D eigenvalue weighted by atomic mass is 10.0. The van der Waals surface area contributed by atoms with Crippen molar-refractivity contribution in [3.8, 4) is 16.9 Å². The van der Waals surface area contributed by atoms with Crippen molar-refractivity contribution in [2.75, 3.05) is 7.11 Å². The molecular formula is C22H15F2NO3S. The van der Waals surface area contributed by atoms with Gasteiger partial charge in [-0.3, -0.25) is 4.98 Å². The van der Waals surface area contributed by atoms with E-state index in [1.807, 2.05) is 0 Å². The summed E-state index contributed by atoms with van der Waals surface area (Å²) in [6, 6.07) is 15.3. The van der Waals surface area contributed by atoms with E-state index in [0.717, 1.165) is 0 Å². The van der Waals surface area contributed by atoms with E-state index in [1.165, 1.54) is 67.9 Å². The molecule has 0 atom stereocenters. The lowest BCUT2D eigenvalue weighted by Gasteiger charge is -2.14. The molecule has 7 heteroatoms. The van der Waals surface area contributed by atoms with Gasteiger partial charge in [0.2, 0.25) is 9.84 Å². The molecule has 146 valence electrons. The Morgan fingerprint density at radius 3 is 2.17 bits per heavy atom. The maximum absolute atomic E-state index is 14.0. The van der Waals surface area contributed by atoms with Crippen LogP contribution in [0.15, 0.2) is 82.7 Å². The molecule has 0 radical (unpaired) electrons. The minimum absolute atomic E-state index is 0.0409. The van der Waals surface area contributed by atoms with Gasteiger partial charge in [0.05, 0.1) is 22.4 Å². The van der Waals surface area contributed by atoms with E-state index >= 15 is 0 Å².